The van der Waals surface area contributed by atoms with Crippen LogP contribution >= 0.6 is 0 Å². The Morgan fingerprint density at radius 1 is 1.12 bits per heavy atom. The molecule has 2 aromatic carbocycles. The molecular formula is C31H34FN5O3. The van der Waals surface area contributed by atoms with Gasteiger partial charge in [0, 0.05) is 37.6 Å². The fourth-order valence-corrected chi connectivity index (χ4v) is 6.14. The minimum Gasteiger partial charge on any atom is -0.496 e. The summed E-state index contributed by atoms with van der Waals surface area (Å²) >= 11 is 0. The van der Waals surface area contributed by atoms with Crippen LogP contribution in [0.1, 0.15) is 49.6 Å². The average Bonchev–Trinajstić information content (AvgIpc) is 3.45. The van der Waals surface area contributed by atoms with Gasteiger partial charge in [0.1, 0.15) is 11.6 Å². The maximum absolute atomic E-state index is 15.7. The number of aryl methyl sites for hydroxylation is 2. The van der Waals surface area contributed by atoms with E-state index in [0.29, 0.717) is 30.1 Å². The first-order valence-corrected chi connectivity index (χ1v) is 13.6. The first-order chi connectivity index (χ1) is 19.2. The number of hydrogen-bond acceptors (Lipinski definition) is 6. The van der Waals surface area contributed by atoms with Gasteiger partial charge in [0.05, 0.1) is 52.1 Å². The maximum Gasteiger partial charge on any atom is 0.130 e. The average molecular weight is 544 g/mol. The molecule has 1 N–H and O–H groups in total. The molecule has 0 unspecified atom stereocenters. The van der Waals surface area contributed by atoms with E-state index in [9.17, 15) is 5.11 Å². The van der Waals surface area contributed by atoms with Crippen LogP contribution in [-0.2, 0) is 17.4 Å². The van der Waals surface area contributed by atoms with E-state index in [4.69, 9.17) is 14.5 Å². The van der Waals surface area contributed by atoms with Gasteiger partial charge < -0.3 is 19.1 Å². The van der Waals surface area contributed by atoms with Gasteiger partial charge in [0.25, 0.3) is 0 Å². The van der Waals surface area contributed by atoms with E-state index in [2.05, 4.69) is 20.9 Å². The number of hydrogen-bond donors (Lipinski definition) is 1. The molecule has 3 aromatic heterocycles. The molecule has 1 fully saturated rings. The van der Waals surface area contributed by atoms with Crippen LogP contribution in [0.15, 0.2) is 48.7 Å². The van der Waals surface area contributed by atoms with Gasteiger partial charge in [-0.15, -0.1) is 5.10 Å². The van der Waals surface area contributed by atoms with Crippen LogP contribution in [0.25, 0.3) is 33.2 Å². The predicted molar refractivity (Wildman–Crippen MR) is 152 cm³/mol. The molecule has 1 aliphatic rings. The summed E-state index contributed by atoms with van der Waals surface area (Å²) < 4.78 is 31.2. The predicted octanol–water partition coefficient (Wildman–Crippen LogP) is 5.68. The van der Waals surface area contributed by atoms with E-state index < -0.39 is 5.60 Å². The number of ether oxygens (including phenoxy) is 2. The van der Waals surface area contributed by atoms with Gasteiger partial charge in [-0.05, 0) is 69.4 Å². The third kappa shape index (κ3) is 4.33. The number of nitrogens with zero attached hydrogens (tertiary/aromatic N) is 5. The highest BCUT2D eigenvalue weighted by Gasteiger charge is 2.33. The summed E-state index contributed by atoms with van der Waals surface area (Å²) in [4.78, 5) is 4.96. The van der Waals surface area contributed by atoms with Crippen LogP contribution in [0.3, 0.4) is 0 Å². The summed E-state index contributed by atoms with van der Waals surface area (Å²) in [6.45, 7) is 6.66. The highest BCUT2D eigenvalue weighted by Crippen LogP contribution is 2.45. The topological polar surface area (TPSA) is 87.2 Å². The number of pyridine rings is 1. The standard InChI is InChI=1S/C31H34FN5O3/c1-18-29(36(4)35-34-18)20-14-25-28(33-17-20)27-24(15-21(31(2,3)38)16-26(27)39-5)37(25)30(19-10-12-40-13-11-19)22-8-6-7-9-23(22)32/h6-9,14-17,19,30,38H,10-13H2,1-5H3/t30-/m1/s1. The molecular weight excluding hydrogens is 509 g/mol. The second-order valence-corrected chi connectivity index (χ2v) is 11.2. The lowest BCUT2D eigenvalue weighted by Crippen LogP contribution is -2.27. The summed E-state index contributed by atoms with van der Waals surface area (Å²) in [7, 11) is 3.48. The first-order valence-electron chi connectivity index (χ1n) is 13.6. The van der Waals surface area contributed by atoms with Crippen molar-refractivity contribution in [3.8, 4) is 17.0 Å². The molecule has 1 aliphatic heterocycles. The van der Waals surface area contributed by atoms with Crippen LogP contribution in [0.5, 0.6) is 5.75 Å². The Hall–Kier alpha value is -3.82. The number of fused-ring (bicyclic) bond motifs is 3. The fraction of sp³-hybridized carbons (Fsp3) is 0.387. The molecule has 0 radical (unpaired) electrons. The number of halogens is 1. The minimum absolute atomic E-state index is 0.116. The van der Waals surface area contributed by atoms with E-state index in [1.165, 1.54) is 6.07 Å². The van der Waals surface area contributed by atoms with E-state index in [-0.39, 0.29) is 17.8 Å². The molecule has 0 saturated carbocycles. The maximum atomic E-state index is 15.7. The molecule has 9 heteroatoms. The Bertz CT molecular complexity index is 1690. The molecule has 4 heterocycles. The van der Waals surface area contributed by atoms with Crippen molar-refractivity contribution in [3.05, 3.63) is 71.3 Å². The van der Waals surface area contributed by atoms with Crippen LogP contribution < -0.4 is 4.74 Å². The Balaban J connectivity index is 1.76. The van der Waals surface area contributed by atoms with Crippen molar-refractivity contribution < 1.29 is 19.0 Å². The van der Waals surface area contributed by atoms with Crippen molar-refractivity contribution in [2.24, 2.45) is 13.0 Å². The quantitative estimate of drug-likeness (QED) is 0.296. The van der Waals surface area contributed by atoms with Gasteiger partial charge in [-0.25, -0.2) is 9.07 Å². The number of methoxy groups -OCH3 is 1. The zero-order valence-electron chi connectivity index (χ0n) is 23.5. The first kappa shape index (κ1) is 26.4. The van der Waals surface area contributed by atoms with E-state index >= 15 is 4.39 Å². The largest absolute Gasteiger partial charge is 0.496 e. The molecule has 0 amide bonds. The highest BCUT2D eigenvalue weighted by atomic mass is 19.1. The number of rotatable bonds is 6. The van der Waals surface area contributed by atoms with Crippen LogP contribution in [0.4, 0.5) is 4.39 Å². The monoisotopic (exact) mass is 543 g/mol. The summed E-state index contributed by atoms with van der Waals surface area (Å²) in [6.07, 6.45) is 3.41. The summed E-state index contributed by atoms with van der Waals surface area (Å²) in [6, 6.07) is 12.6. The second kappa shape index (κ2) is 9.98. The van der Waals surface area contributed by atoms with Gasteiger partial charge in [0.15, 0.2) is 0 Å². The number of aromatic nitrogens is 5. The molecule has 0 spiro atoms. The van der Waals surface area contributed by atoms with Crippen molar-refractivity contribution in [2.75, 3.05) is 20.3 Å². The minimum atomic E-state index is -1.12. The van der Waals surface area contributed by atoms with Crippen molar-refractivity contribution in [2.45, 2.75) is 45.3 Å². The summed E-state index contributed by atoms with van der Waals surface area (Å²) in [5.41, 5.74) is 5.14. The molecule has 40 heavy (non-hydrogen) atoms. The zero-order valence-corrected chi connectivity index (χ0v) is 23.5. The van der Waals surface area contributed by atoms with Gasteiger partial charge >= 0.3 is 0 Å². The highest BCUT2D eigenvalue weighted by molar-refractivity contribution is 6.10. The number of benzene rings is 2. The fourth-order valence-electron chi connectivity index (χ4n) is 6.14. The third-order valence-corrected chi connectivity index (χ3v) is 8.11. The van der Waals surface area contributed by atoms with Gasteiger partial charge in [-0.3, -0.25) is 4.98 Å². The molecule has 6 rings (SSSR count). The van der Waals surface area contributed by atoms with Crippen molar-refractivity contribution in [3.63, 3.8) is 0 Å². The lowest BCUT2D eigenvalue weighted by molar-refractivity contribution is 0.0548. The van der Waals surface area contributed by atoms with E-state index in [0.717, 1.165) is 51.7 Å². The van der Waals surface area contributed by atoms with Crippen LogP contribution in [-0.4, -0.2) is 50.0 Å². The molecule has 5 aromatic rings. The van der Waals surface area contributed by atoms with Crippen LogP contribution in [0.2, 0.25) is 0 Å². The number of aliphatic hydroxyl groups is 1. The molecule has 1 saturated heterocycles. The summed E-state index contributed by atoms with van der Waals surface area (Å²) in [5.74, 6) is 0.469. The lowest BCUT2D eigenvalue weighted by Gasteiger charge is -2.33. The van der Waals surface area contributed by atoms with Crippen molar-refractivity contribution in [1.29, 1.82) is 0 Å². The third-order valence-electron chi connectivity index (χ3n) is 8.11. The Kier molecular flexibility index (Phi) is 6.59. The summed E-state index contributed by atoms with van der Waals surface area (Å²) in [5, 5.41) is 20.3. The lowest BCUT2D eigenvalue weighted by atomic mass is 9.86. The van der Waals surface area contributed by atoms with Crippen molar-refractivity contribution in [1.82, 2.24) is 24.5 Å². The molecule has 1 atom stereocenters. The molecule has 208 valence electrons. The smallest absolute Gasteiger partial charge is 0.130 e. The second-order valence-electron chi connectivity index (χ2n) is 11.2. The Morgan fingerprint density at radius 2 is 1.88 bits per heavy atom. The van der Waals surface area contributed by atoms with E-state index in [1.54, 1.807) is 31.7 Å². The van der Waals surface area contributed by atoms with Crippen LogP contribution in [0, 0.1) is 18.7 Å². The zero-order chi connectivity index (χ0) is 28.2. The van der Waals surface area contributed by atoms with E-state index in [1.807, 2.05) is 44.4 Å². The normalized spacial score (nSPS) is 15.7. The SMILES string of the molecule is COc1cc(C(C)(C)O)cc2c1c1ncc(-c3c(C)nnn3C)cc1n2[C@@H](c1ccccc1F)C1CCOCC1. The Morgan fingerprint density at radius 3 is 2.52 bits per heavy atom. The van der Waals surface area contributed by atoms with Gasteiger partial charge in [-0.1, -0.05) is 23.4 Å². The molecule has 0 bridgehead atoms. The van der Waals surface area contributed by atoms with Gasteiger partial charge in [0.2, 0.25) is 0 Å². The van der Waals surface area contributed by atoms with Gasteiger partial charge in [-0.2, -0.15) is 0 Å². The Labute approximate surface area is 232 Å². The van der Waals surface area contributed by atoms with Crippen molar-refractivity contribution >= 4 is 21.9 Å². The molecule has 8 nitrogen and oxygen atoms in total. The molecule has 0 aliphatic carbocycles.